The standard InChI is InChI=1S/C8H10FN.C7H5FO.CH4O/c1-10-6-7-2-4-8(9)5-3-7;8-7-3-1-6(5-9)2-4-7;1-2/h2-5,10H,6H2,1H3;1-5H;2H,1H3. The molecule has 0 aliphatic carbocycles. The predicted molar refractivity (Wildman–Crippen MR) is 79.1 cm³/mol. The Labute approximate surface area is 123 Å². The monoisotopic (exact) mass is 295 g/mol. The second kappa shape index (κ2) is 11.7. The quantitative estimate of drug-likeness (QED) is 0.856. The Kier molecular flexibility index (Phi) is 10.5. The summed E-state index contributed by atoms with van der Waals surface area (Å²) in [6, 6.07) is 11.8. The Balaban J connectivity index is 0.000000342. The lowest BCUT2D eigenvalue weighted by Gasteiger charge is -1.97. The highest BCUT2D eigenvalue weighted by atomic mass is 19.1. The first kappa shape index (κ1) is 18.9. The summed E-state index contributed by atoms with van der Waals surface area (Å²) in [7, 11) is 2.86. The number of rotatable bonds is 3. The summed E-state index contributed by atoms with van der Waals surface area (Å²) in [5.74, 6) is -0.500. The molecule has 21 heavy (non-hydrogen) atoms. The van der Waals surface area contributed by atoms with Gasteiger partial charge >= 0.3 is 0 Å². The minimum absolute atomic E-state index is 0.181. The van der Waals surface area contributed by atoms with E-state index >= 15 is 0 Å². The number of hydrogen-bond donors (Lipinski definition) is 2. The molecule has 0 unspecified atom stereocenters. The van der Waals surface area contributed by atoms with Crippen LogP contribution in [-0.4, -0.2) is 25.6 Å². The van der Waals surface area contributed by atoms with Crippen LogP contribution in [0.1, 0.15) is 15.9 Å². The summed E-state index contributed by atoms with van der Waals surface area (Å²) < 4.78 is 24.4. The molecule has 0 saturated heterocycles. The molecule has 0 aromatic heterocycles. The van der Waals surface area contributed by atoms with Gasteiger partial charge in [0.05, 0.1) is 0 Å². The molecule has 5 heteroatoms. The molecule has 114 valence electrons. The fourth-order valence-electron chi connectivity index (χ4n) is 1.35. The number of carbonyl (C=O) groups excluding carboxylic acids is 1. The molecule has 2 aromatic carbocycles. The van der Waals surface area contributed by atoms with Gasteiger partial charge < -0.3 is 10.4 Å². The highest BCUT2D eigenvalue weighted by Gasteiger charge is 1.90. The summed E-state index contributed by atoms with van der Waals surface area (Å²) in [6.45, 7) is 0.792. The Morgan fingerprint density at radius 1 is 0.952 bits per heavy atom. The van der Waals surface area contributed by atoms with Crippen LogP contribution in [0.2, 0.25) is 0 Å². The van der Waals surface area contributed by atoms with Crippen molar-refractivity contribution in [3.05, 3.63) is 71.3 Å². The zero-order valence-electron chi connectivity index (χ0n) is 12.0. The minimum Gasteiger partial charge on any atom is -0.400 e. The predicted octanol–water partition coefficient (Wildman–Crippen LogP) is 2.79. The van der Waals surface area contributed by atoms with Crippen molar-refractivity contribution < 1.29 is 18.7 Å². The van der Waals surface area contributed by atoms with Crippen molar-refractivity contribution >= 4 is 6.29 Å². The Morgan fingerprint density at radius 2 is 1.38 bits per heavy atom. The van der Waals surface area contributed by atoms with Gasteiger partial charge in [0.15, 0.2) is 0 Å². The second-order valence-electron chi connectivity index (χ2n) is 3.83. The molecule has 2 aromatic rings. The van der Waals surface area contributed by atoms with Crippen molar-refractivity contribution in [3.63, 3.8) is 0 Å². The first-order valence-corrected chi connectivity index (χ1v) is 6.20. The first-order chi connectivity index (χ1) is 10.2. The van der Waals surface area contributed by atoms with Gasteiger partial charge in [-0.3, -0.25) is 4.79 Å². The van der Waals surface area contributed by atoms with E-state index in [-0.39, 0.29) is 11.6 Å². The lowest BCUT2D eigenvalue weighted by Crippen LogP contribution is -2.04. The maximum Gasteiger partial charge on any atom is 0.150 e. The van der Waals surface area contributed by atoms with Crippen molar-refractivity contribution in [1.82, 2.24) is 5.32 Å². The van der Waals surface area contributed by atoms with Crippen LogP contribution in [-0.2, 0) is 6.54 Å². The van der Waals surface area contributed by atoms with Crippen molar-refractivity contribution in [2.24, 2.45) is 0 Å². The highest BCUT2D eigenvalue weighted by Crippen LogP contribution is 2.01. The molecule has 3 nitrogen and oxygen atoms in total. The summed E-state index contributed by atoms with van der Waals surface area (Å²) in [6.07, 6.45) is 0.680. The summed E-state index contributed by atoms with van der Waals surface area (Å²) >= 11 is 0. The molecule has 2 rings (SSSR count). The maximum atomic E-state index is 12.3. The fraction of sp³-hybridized carbons (Fsp3) is 0.188. The van der Waals surface area contributed by atoms with E-state index in [1.165, 1.54) is 36.4 Å². The molecule has 0 atom stereocenters. The van der Waals surface area contributed by atoms with Gasteiger partial charge in [-0.15, -0.1) is 0 Å². The Bertz CT molecular complexity index is 499. The SMILES string of the molecule is CNCc1ccc(F)cc1.CO.O=Cc1ccc(F)cc1. The van der Waals surface area contributed by atoms with Crippen molar-refractivity contribution in [3.8, 4) is 0 Å². The second-order valence-corrected chi connectivity index (χ2v) is 3.83. The molecule has 0 radical (unpaired) electrons. The van der Waals surface area contributed by atoms with E-state index in [0.29, 0.717) is 11.8 Å². The fourth-order valence-corrected chi connectivity index (χ4v) is 1.35. The number of benzene rings is 2. The number of aliphatic hydroxyl groups is 1. The number of aliphatic hydroxyl groups excluding tert-OH is 1. The third kappa shape index (κ3) is 8.62. The van der Waals surface area contributed by atoms with Crippen molar-refractivity contribution in [2.45, 2.75) is 6.54 Å². The zero-order valence-corrected chi connectivity index (χ0v) is 12.0. The van der Waals surface area contributed by atoms with Gasteiger partial charge in [0, 0.05) is 19.2 Å². The Morgan fingerprint density at radius 3 is 1.76 bits per heavy atom. The van der Waals surface area contributed by atoms with E-state index in [2.05, 4.69) is 5.32 Å². The van der Waals surface area contributed by atoms with E-state index in [9.17, 15) is 13.6 Å². The molecule has 0 heterocycles. The van der Waals surface area contributed by atoms with Crippen LogP contribution >= 0.6 is 0 Å². The average molecular weight is 295 g/mol. The molecule has 0 bridgehead atoms. The normalized spacial score (nSPS) is 8.81. The maximum absolute atomic E-state index is 12.3. The largest absolute Gasteiger partial charge is 0.400 e. The van der Waals surface area contributed by atoms with Crippen LogP contribution in [0.4, 0.5) is 8.78 Å². The number of aldehydes is 1. The van der Waals surface area contributed by atoms with Crippen LogP contribution in [0.25, 0.3) is 0 Å². The van der Waals surface area contributed by atoms with Crippen molar-refractivity contribution in [2.75, 3.05) is 14.2 Å². The van der Waals surface area contributed by atoms with E-state index in [1.54, 1.807) is 12.1 Å². The van der Waals surface area contributed by atoms with Crippen LogP contribution < -0.4 is 5.32 Å². The molecule has 0 aliphatic rings. The first-order valence-electron chi connectivity index (χ1n) is 6.20. The highest BCUT2D eigenvalue weighted by molar-refractivity contribution is 5.74. The van der Waals surface area contributed by atoms with Crippen LogP contribution in [0.5, 0.6) is 0 Å². The third-order valence-corrected chi connectivity index (χ3v) is 2.30. The van der Waals surface area contributed by atoms with E-state index in [1.807, 2.05) is 7.05 Å². The van der Waals surface area contributed by atoms with Gasteiger partial charge in [-0.05, 0) is 49.0 Å². The minimum atomic E-state index is -0.319. The van der Waals surface area contributed by atoms with E-state index in [0.717, 1.165) is 19.2 Å². The van der Waals surface area contributed by atoms with Crippen molar-refractivity contribution in [1.29, 1.82) is 0 Å². The number of hydrogen-bond acceptors (Lipinski definition) is 3. The van der Waals surface area contributed by atoms with Gasteiger partial charge in [-0.2, -0.15) is 0 Å². The average Bonchev–Trinajstić information content (AvgIpc) is 2.53. The smallest absolute Gasteiger partial charge is 0.150 e. The van der Waals surface area contributed by atoms with Gasteiger partial charge in [-0.25, -0.2) is 8.78 Å². The van der Waals surface area contributed by atoms with Crippen LogP contribution in [0.15, 0.2) is 48.5 Å². The molecule has 0 amide bonds. The van der Waals surface area contributed by atoms with Crippen LogP contribution in [0.3, 0.4) is 0 Å². The molecular formula is C16H19F2NO2. The summed E-state index contributed by atoms with van der Waals surface area (Å²) in [5, 5.41) is 9.98. The molecule has 0 spiro atoms. The zero-order chi connectivity index (χ0) is 16.1. The number of nitrogens with one attached hydrogen (secondary N) is 1. The van der Waals surface area contributed by atoms with Gasteiger partial charge in [0.25, 0.3) is 0 Å². The lowest BCUT2D eigenvalue weighted by molar-refractivity contribution is 0.112. The summed E-state index contributed by atoms with van der Waals surface area (Å²) in [4.78, 5) is 10.00. The molecule has 2 N–H and O–H groups in total. The Hall–Kier alpha value is -2.11. The topological polar surface area (TPSA) is 49.3 Å². The van der Waals surface area contributed by atoms with Crippen LogP contribution in [0, 0.1) is 11.6 Å². The lowest BCUT2D eigenvalue weighted by atomic mass is 10.2. The van der Waals surface area contributed by atoms with Gasteiger partial charge in [0.2, 0.25) is 0 Å². The van der Waals surface area contributed by atoms with E-state index in [4.69, 9.17) is 5.11 Å². The molecule has 0 aliphatic heterocycles. The third-order valence-electron chi connectivity index (χ3n) is 2.30. The van der Waals surface area contributed by atoms with Gasteiger partial charge in [0.1, 0.15) is 17.9 Å². The molecule has 0 fully saturated rings. The molecule has 0 saturated carbocycles. The van der Waals surface area contributed by atoms with Gasteiger partial charge in [-0.1, -0.05) is 12.1 Å². The van der Waals surface area contributed by atoms with E-state index < -0.39 is 0 Å². The number of halogens is 2. The number of carbonyl (C=O) groups is 1. The summed E-state index contributed by atoms with van der Waals surface area (Å²) in [5.41, 5.74) is 1.60. The molecular weight excluding hydrogens is 276 g/mol.